The van der Waals surface area contributed by atoms with Crippen LogP contribution in [-0.2, 0) is 4.79 Å². The molecule has 0 saturated heterocycles. The van der Waals surface area contributed by atoms with Crippen molar-refractivity contribution < 1.29 is 9.90 Å². The van der Waals surface area contributed by atoms with Gasteiger partial charge >= 0.3 is 5.97 Å². The van der Waals surface area contributed by atoms with Gasteiger partial charge in [0.1, 0.15) is 0 Å². The number of carbonyl (C=O) groups is 1. The Morgan fingerprint density at radius 1 is 1.50 bits per heavy atom. The molecular weight excluding hydrogens is 296 g/mol. The second-order valence-corrected chi connectivity index (χ2v) is 4.98. The van der Waals surface area contributed by atoms with E-state index >= 15 is 0 Å². The molecule has 0 radical (unpaired) electrons. The van der Waals surface area contributed by atoms with E-state index in [1.54, 1.807) is 18.2 Å². The lowest BCUT2D eigenvalue weighted by atomic mass is 10.1. The number of rotatable bonds is 3. The molecule has 0 saturated carbocycles. The molecule has 2 unspecified atom stereocenters. The minimum Gasteiger partial charge on any atom is -0.481 e. The Balaban J connectivity index is 2.06. The van der Waals surface area contributed by atoms with Gasteiger partial charge in [-0.2, -0.15) is 5.26 Å². The molecule has 0 bridgehead atoms. The Kier molecular flexibility index (Phi) is 3.68. The van der Waals surface area contributed by atoms with Gasteiger partial charge in [0.25, 0.3) is 0 Å². The first-order chi connectivity index (χ1) is 8.60. The standard InChI is InChI=1S/C13H11BrN2O2/c14-11-5-8(7-15)1-4-12(11)16-10-3-2-9(6-10)13(17)18/h1-5,9-10,16H,6H2,(H,17,18). The van der Waals surface area contributed by atoms with Crippen LogP contribution >= 0.6 is 15.9 Å². The highest BCUT2D eigenvalue weighted by Gasteiger charge is 2.24. The summed E-state index contributed by atoms with van der Waals surface area (Å²) in [7, 11) is 0. The number of carboxylic acids is 1. The second kappa shape index (κ2) is 5.23. The van der Waals surface area contributed by atoms with Crippen LogP contribution in [0.15, 0.2) is 34.8 Å². The molecule has 1 aliphatic carbocycles. The number of aliphatic carboxylic acids is 1. The lowest BCUT2D eigenvalue weighted by Gasteiger charge is -2.15. The van der Waals surface area contributed by atoms with Crippen molar-refractivity contribution in [3.8, 4) is 6.07 Å². The summed E-state index contributed by atoms with van der Waals surface area (Å²) >= 11 is 3.39. The molecule has 0 fully saturated rings. The van der Waals surface area contributed by atoms with Crippen molar-refractivity contribution in [3.05, 3.63) is 40.4 Å². The summed E-state index contributed by atoms with van der Waals surface area (Å²) in [5.41, 5.74) is 1.44. The van der Waals surface area contributed by atoms with Gasteiger partial charge in [0, 0.05) is 16.2 Å². The van der Waals surface area contributed by atoms with Crippen LogP contribution in [0.1, 0.15) is 12.0 Å². The topological polar surface area (TPSA) is 73.1 Å². The van der Waals surface area contributed by atoms with E-state index in [0.717, 1.165) is 10.2 Å². The van der Waals surface area contributed by atoms with Gasteiger partial charge in [0.2, 0.25) is 0 Å². The molecule has 1 aromatic rings. The Labute approximate surface area is 113 Å². The first-order valence-corrected chi connectivity index (χ1v) is 6.27. The predicted octanol–water partition coefficient (Wildman–Crippen LogP) is 2.76. The summed E-state index contributed by atoms with van der Waals surface area (Å²) in [6, 6.07) is 7.34. The number of benzene rings is 1. The molecule has 0 amide bonds. The number of nitrogens with zero attached hydrogens (tertiary/aromatic N) is 1. The summed E-state index contributed by atoms with van der Waals surface area (Å²) < 4.78 is 0.800. The van der Waals surface area contributed by atoms with Crippen molar-refractivity contribution in [3.63, 3.8) is 0 Å². The highest BCUT2D eigenvalue weighted by atomic mass is 79.9. The van der Waals surface area contributed by atoms with Crippen molar-refractivity contribution in [1.82, 2.24) is 0 Å². The van der Waals surface area contributed by atoms with Crippen LogP contribution in [0.3, 0.4) is 0 Å². The normalized spacial score (nSPS) is 21.6. The van der Waals surface area contributed by atoms with Gasteiger partial charge in [-0.15, -0.1) is 0 Å². The Hall–Kier alpha value is -1.80. The van der Waals surface area contributed by atoms with Crippen molar-refractivity contribution in [1.29, 1.82) is 5.26 Å². The Bertz CT molecular complexity index is 548. The number of nitrogens with one attached hydrogen (secondary N) is 1. The van der Waals surface area contributed by atoms with Crippen molar-refractivity contribution >= 4 is 27.6 Å². The molecule has 18 heavy (non-hydrogen) atoms. The van der Waals surface area contributed by atoms with E-state index in [0.29, 0.717) is 12.0 Å². The molecule has 5 heteroatoms. The van der Waals surface area contributed by atoms with Crippen molar-refractivity contribution in [2.45, 2.75) is 12.5 Å². The fourth-order valence-electron chi connectivity index (χ4n) is 1.89. The van der Waals surface area contributed by atoms with E-state index in [2.05, 4.69) is 27.3 Å². The second-order valence-electron chi connectivity index (χ2n) is 4.12. The van der Waals surface area contributed by atoms with Crippen LogP contribution in [0.5, 0.6) is 0 Å². The Morgan fingerprint density at radius 2 is 2.28 bits per heavy atom. The number of carboxylic acid groups (broad SMARTS) is 1. The zero-order chi connectivity index (χ0) is 13.1. The van der Waals surface area contributed by atoms with Gasteiger partial charge in [-0.3, -0.25) is 4.79 Å². The molecule has 0 spiro atoms. The first kappa shape index (κ1) is 12.7. The zero-order valence-corrected chi connectivity index (χ0v) is 11.0. The highest BCUT2D eigenvalue weighted by molar-refractivity contribution is 9.10. The highest BCUT2D eigenvalue weighted by Crippen LogP contribution is 2.27. The average Bonchev–Trinajstić information content (AvgIpc) is 2.80. The lowest BCUT2D eigenvalue weighted by molar-refractivity contribution is -0.140. The minimum absolute atomic E-state index is 0.00957. The maximum atomic E-state index is 10.8. The van der Waals surface area contributed by atoms with Crippen LogP contribution in [0, 0.1) is 17.2 Å². The van der Waals surface area contributed by atoms with Crippen LogP contribution in [0.2, 0.25) is 0 Å². The van der Waals surface area contributed by atoms with Gasteiger partial charge < -0.3 is 10.4 Å². The molecule has 0 heterocycles. The maximum Gasteiger partial charge on any atom is 0.310 e. The van der Waals surface area contributed by atoms with Crippen LogP contribution in [-0.4, -0.2) is 17.1 Å². The fraction of sp³-hybridized carbons (Fsp3) is 0.231. The minimum atomic E-state index is -0.797. The summed E-state index contributed by atoms with van der Waals surface area (Å²) in [4.78, 5) is 10.8. The van der Waals surface area contributed by atoms with Gasteiger partial charge in [0.15, 0.2) is 0 Å². The van der Waals surface area contributed by atoms with Gasteiger partial charge in [-0.1, -0.05) is 12.2 Å². The van der Waals surface area contributed by atoms with E-state index in [1.165, 1.54) is 0 Å². The van der Waals surface area contributed by atoms with E-state index < -0.39 is 11.9 Å². The molecule has 2 atom stereocenters. The van der Waals surface area contributed by atoms with Gasteiger partial charge in [0.05, 0.1) is 17.6 Å². The monoisotopic (exact) mass is 306 g/mol. The van der Waals surface area contributed by atoms with Crippen LogP contribution in [0.4, 0.5) is 5.69 Å². The number of halogens is 1. The third-order valence-corrected chi connectivity index (χ3v) is 3.50. The van der Waals surface area contributed by atoms with E-state index in [-0.39, 0.29) is 6.04 Å². The molecule has 1 aromatic carbocycles. The number of anilines is 1. The van der Waals surface area contributed by atoms with E-state index in [9.17, 15) is 4.79 Å². The maximum absolute atomic E-state index is 10.8. The van der Waals surface area contributed by atoms with Crippen molar-refractivity contribution in [2.24, 2.45) is 5.92 Å². The van der Waals surface area contributed by atoms with Crippen LogP contribution in [0.25, 0.3) is 0 Å². The summed E-state index contributed by atoms with van der Waals surface area (Å²) in [5.74, 6) is -1.21. The van der Waals surface area contributed by atoms with Gasteiger partial charge in [-0.25, -0.2) is 0 Å². The van der Waals surface area contributed by atoms with E-state index in [1.807, 2.05) is 12.1 Å². The summed E-state index contributed by atoms with van der Waals surface area (Å²) in [6.45, 7) is 0. The SMILES string of the molecule is N#Cc1ccc(NC2C=CC(C(=O)O)C2)c(Br)c1. The number of hydrogen-bond donors (Lipinski definition) is 2. The molecule has 2 rings (SSSR count). The van der Waals surface area contributed by atoms with Crippen LogP contribution < -0.4 is 5.32 Å². The van der Waals surface area contributed by atoms with Gasteiger partial charge in [-0.05, 0) is 40.5 Å². The number of nitriles is 1. The molecule has 4 nitrogen and oxygen atoms in total. The van der Waals surface area contributed by atoms with E-state index in [4.69, 9.17) is 10.4 Å². The molecule has 2 N–H and O–H groups in total. The quantitative estimate of drug-likeness (QED) is 0.842. The third-order valence-electron chi connectivity index (χ3n) is 2.84. The molecule has 0 aromatic heterocycles. The van der Waals surface area contributed by atoms with Crippen molar-refractivity contribution in [2.75, 3.05) is 5.32 Å². The molecule has 1 aliphatic rings. The Morgan fingerprint density at radius 3 is 2.83 bits per heavy atom. The lowest BCUT2D eigenvalue weighted by Crippen LogP contribution is -2.18. The number of hydrogen-bond acceptors (Lipinski definition) is 3. The smallest absolute Gasteiger partial charge is 0.310 e. The molecule has 0 aliphatic heterocycles. The zero-order valence-electron chi connectivity index (χ0n) is 9.43. The summed E-state index contributed by atoms with van der Waals surface area (Å²) in [5, 5.41) is 20.9. The predicted molar refractivity (Wildman–Crippen MR) is 71.2 cm³/mol. The molecule has 92 valence electrons. The largest absolute Gasteiger partial charge is 0.481 e. The average molecular weight is 307 g/mol. The first-order valence-electron chi connectivity index (χ1n) is 5.47. The third kappa shape index (κ3) is 2.71. The fourth-order valence-corrected chi connectivity index (χ4v) is 2.38. The summed E-state index contributed by atoms with van der Waals surface area (Å²) in [6.07, 6.45) is 4.11. The molecular formula is C13H11BrN2O2.